The lowest BCUT2D eigenvalue weighted by molar-refractivity contribution is 0.0444. The van der Waals surface area contributed by atoms with Gasteiger partial charge in [0.05, 0.1) is 11.1 Å². The zero-order valence-corrected chi connectivity index (χ0v) is 8.30. The highest BCUT2D eigenvalue weighted by atomic mass is 35.5. The molecule has 5 heteroatoms. The zero-order valence-electron chi connectivity index (χ0n) is 6.79. The number of carbonyl (C=O) groups excluding carboxylic acids is 2. The van der Waals surface area contributed by atoms with E-state index < -0.39 is 16.8 Å². The van der Waals surface area contributed by atoms with Gasteiger partial charge in [0.1, 0.15) is 4.84 Å². The number of esters is 2. The summed E-state index contributed by atoms with van der Waals surface area (Å²) in [5, 5.41) is 0. The zero-order chi connectivity index (χ0) is 10.3. The molecule has 0 N–H and O–H groups in total. The monoisotopic (exact) mass is 230 g/mol. The molecule has 1 aliphatic rings. The van der Waals surface area contributed by atoms with Crippen molar-refractivity contribution in [2.45, 2.75) is 4.84 Å². The molecule has 0 aliphatic carbocycles. The van der Waals surface area contributed by atoms with Crippen molar-refractivity contribution in [3.05, 3.63) is 34.9 Å². The largest absolute Gasteiger partial charge is 0.386 e. The molecule has 0 spiro atoms. The van der Waals surface area contributed by atoms with Crippen LogP contribution in [-0.4, -0.2) is 11.9 Å². The minimum Gasteiger partial charge on any atom is -0.386 e. The molecule has 0 unspecified atom stereocenters. The predicted molar refractivity (Wildman–Crippen MR) is 50.6 cm³/mol. The summed E-state index contributed by atoms with van der Waals surface area (Å²) >= 11 is 11.2. The van der Waals surface area contributed by atoms with E-state index in [-0.39, 0.29) is 11.1 Å². The number of hydrogen-bond donors (Lipinski definition) is 0. The van der Waals surface area contributed by atoms with Crippen molar-refractivity contribution in [1.82, 2.24) is 0 Å². The van der Waals surface area contributed by atoms with E-state index in [0.717, 1.165) is 0 Å². The van der Waals surface area contributed by atoms with Crippen LogP contribution in [0.5, 0.6) is 0 Å². The molecule has 0 radical (unpaired) electrons. The molecule has 0 saturated heterocycles. The van der Waals surface area contributed by atoms with E-state index in [4.69, 9.17) is 23.2 Å². The molecule has 0 saturated carbocycles. The van der Waals surface area contributed by atoms with Gasteiger partial charge in [-0.2, -0.15) is 0 Å². The van der Waals surface area contributed by atoms with Gasteiger partial charge in [-0.05, 0) is 17.7 Å². The average molecular weight is 231 g/mol. The Labute approximate surface area is 89.6 Å². The van der Waals surface area contributed by atoms with Gasteiger partial charge in [0, 0.05) is 0 Å². The predicted octanol–water partition coefficient (Wildman–Crippen LogP) is 2.47. The fourth-order valence-electron chi connectivity index (χ4n) is 1.24. The lowest BCUT2D eigenvalue weighted by Gasteiger charge is -2.01. The number of cyclic esters (lactones) is 2. The number of carbonyl (C=O) groups is 2. The third-order valence-corrected chi connectivity index (χ3v) is 2.42. The maximum Gasteiger partial charge on any atom is 0.346 e. The Morgan fingerprint density at radius 2 is 1.71 bits per heavy atom. The molecular weight excluding hydrogens is 227 g/mol. The topological polar surface area (TPSA) is 43.4 Å². The quantitative estimate of drug-likeness (QED) is 0.423. The Morgan fingerprint density at radius 3 is 2.36 bits per heavy atom. The highest BCUT2D eigenvalue weighted by Crippen LogP contribution is 2.29. The Hall–Kier alpha value is -1.06. The minimum absolute atomic E-state index is 0.221. The van der Waals surface area contributed by atoms with E-state index >= 15 is 0 Å². The minimum atomic E-state index is -0.719. The van der Waals surface area contributed by atoms with Gasteiger partial charge in [0.2, 0.25) is 0 Å². The van der Waals surface area contributed by atoms with Crippen molar-refractivity contribution in [2.24, 2.45) is 0 Å². The summed E-state index contributed by atoms with van der Waals surface area (Å²) in [6.07, 6.45) is 0. The van der Waals surface area contributed by atoms with Crippen LogP contribution in [0.25, 0.3) is 0 Å². The third kappa shape index (κ3) is 1.38. The molecular formula is C9H4Cl2O3. The fourth-order valence-corrected chi connectivity index (χ4v) is 1.51. The Bertz CT molecular complexity index is 426. The third-order valence-electron chi connectivity index (χ3n) is 1.92. The summed E-state index contributed by atoms with van der Waals surface area (Å²) in [5.41, 5.74) is 1.05. The van der Waals surface area contributed by atoms with Crippen LogP contribution < -0.4 is 0 Å². The van der Waals surface area contributed by atoms with Gasteiger partial charge in [0.15, 0.2) is 0 Å². The fraction of sp³-hybridized carbons (Fsp3) is 0.111. The van der Waals surface area contributed by atoms with Gasteiger partial charge in [-0.3, -0.25) is 0 Å². The Morgan fingerprint density at radius 1 is 1.07 bits per heavy atom. The van der Waals surface area contributed by atoms with E-state index in [1.807, 2.05) is 0 Å². The standard InChI is InChI=1S/C9H4Cl2O3/c10-7(11)4-1-2-5-6(3-4)9(13)14-8(5)12/h1-3,7H. The molecule has 14 heavy (non-hydrogen) atoms. The molecule has 0 aromatic heterocycles. The maximum atomic E-state index is 11.1. The number of ether oxygens (including phenoxy) is 1. The van der Waals surface area contributed by atoms with Crippen LogP contribution in [0.1, 0.15) is 31.1 Å². The van der Waals surface area contributed by atoms with Crippen molar-refractivity contribution in [2.75, 3.05) is 0 Å². The second-order valence-corrected chi connectivity index (χ2v) is 3.88. The maximum absolute atomic E-state index is 11.1. The van der Waals surface area contributed by atoms with Crippen LogP contribution >= 0.6 is 23.2 Å². The summed E-state index contributed by atoms with van der Waals surface area (Å²) in [6.45, 7) is 0. The van der Waals surface area contributed by atoms with Gasteiger partial charge in [-0.15, -0.1) is 23.2 Å². The molecule has 2 rings (SSSR count). The molecule has 72 valence electrons. The summed E-state index contributed by atoms with van der Waals surface area (Å²) in [7, 11) is 0. The highest BCUT2D eigenvalue weighted by molar-refractivity contribution is 6.44. The second-order valence-electron chi connectivity index (χ2n) is 2.78. The normalized spacial score (nSPS) is 14.5. The van der Waals surface area contributed by atoms with E-state index in [1.165, 1.54) is 12.1 Å². The lowest BCUT2D eigenvalue weighted by atomic mass is 10.1. The van der Waals surface area contributed by atoms with Crippen LogP contribution in [0.2, 0.25) is 0 Å². The molecule has 0 bridgehead atoms. The smallest absolute Gasteiger partial charge is 0.346 e. The summed E-state index contributed by atoms with van der Waals surface area (Å²) in [4.78, 5) is 21.5. The molecule has 1 heterocycles. The number of halogens is 2. The first kappa shape index (κ1) is 9.49. The van der Waals surface area contributed by atoms with E-state index in [0.29, 0.717) is 5.56 Å². The second kappa shape index (κ2) is 3.26. The summed E-state index contributed by atoms with van der Waals surface area (Å²) in [6, 6.07) is 4.53. The average Bonchev–Trinajstić information content (AvgIpc) is 2.42. The number of fused-ring (bicyclic) bond motifs is 1. The van der Waals surface area contributed by atoms with Crippen molar-refractivity contribution in [3.8, 4) is 0 Å². The van der Waals surface area contributed by atoms with Crippen LogP contribution in [0, 0.1) is 0 Å². The van der Waals surface area contributed by atoms with Gasteiger partial charge >= 0.3 is 11.9 Å². The van der Waals surface area contributed by atoms with E-state index in [9.17, 15) is 9.59 Å². The molecule has 1 aromatic carbocycles. The highest BCUT2D eigenvalue weighted by Gasteiger charge is 2.29. The Balaban J connectivity index is 2.55. The van der Waals surface area contributed by atoms with E-state index in [1.54, 1.807) is 6.07 Å². The number of hydrogen-bond acceptors (Lipinski definition) is 3. The van der Waals surface area contributed by atoms with Crippen LogP contribution in [0.15, 0.2) is 18.2 Å². The molecule has 0 fully saturated rings. The molecule has 1 aromatic rings. The van der Waals surface area contributed by atoms with Gasteiger partial charge < -0.3 is 4.74 Å². The summed E-state index contributed by atoms with van der Waals surface area (Å²) in [5.74, 6) is -1.28. The Kier molecular flexibility index (Phi) is 2.21. The van der Waals surface area contributed by atoms with Crippen LogP contribution in [0.3, 0.4) is 0 Å². The first-order chi connectivity index (χ1) is 6.59. The van der Waals surface area contributed by atoms with Crippen LogP contribution in [0.4, 0.5) is 0 Å². The van der Waals surface area contributed by atoms with Crippen molar-refractivity contribution in [1.29, 1.82) is 0 Å². The van der Waals surface area contributed by atoms with Crippen molar-refractivity contribution in [3.63, 3.8) is 0 Å². The molecule has 0 atom stereocenters. The van der Waals surface area contributed by atoms with Gasteiger partial charge in [-0.25, -0.2) is 9.59 Å². The number of benzene rings is 1. The van der Waals surface area contributed by atoms with E-state index in [2.05, 4.69) is 4.74 Å². The van der Waals surface area contributed by atoms with Gasteiger partial charge in [-0.1, -0.05) is 6.07 Å². The number of alkyl halides is 2. The molecule has 0 amide bonds. The first-order valence-corrected chi connectivity index (χ1v) is 4.65. The summed E-state index contributed by atoms with van der Waals surface area (Å²) < 4.78 is 4.40. The van der Waals surface area contributed by atoms with Crippen LogP contribution in [-0.2, 0) is 4.74 Å². The molecule has 3 nitrogen and oxygen atoms in total. The molecule has 1 aliphatic heterocycles. The van der Waals surface area contributed by atoms with Crippen molar-refractivity contribution >= 4 is 35.1 Å². The van der Waals surface area contributed by atoms with Gasteiger partial charge in [0.25, 0.3) is 0 Å². The SMILES string of the molecule is O=C1OC(=O)c2cc(C(Cl)Cl)ccc21. The lowest BCUT2D eigenvalue weighted by Crippen LogP contribution is -1.96. The number of rotatable bonds is 1. The van der Waals surface area contributed by atoms with Crippen molar-refractivity contribution < 1.29 is 14.3 Å². The first-order valence-electron chi connectivity index (χ1n) is 3.78.